The van der Waals surface area contributed by atoms with Crippen LogP contribution < -0.4 is 5.32 Å². The molecule has 0 radical (unpaired) electrons. The van der Waals surface area contributed by atoms with Crippen LogP contribution in [0.4, 0.5) is 5.69 Å². The maximum Gasteiger partial charge on any atom is 0.272 e. The van der Waals surface area contributed by atoms with Crippen molar-refractivity contribution < 1.29 is 4.79 Å². The molecule has 0 saturated carbocycles. The molecule has 0 saturated heterocycles. The van der Waals surface area contributed by atoms with Crippen molar-refractivity contribution in [1.82, 2.24) is 4.98 Å². The van der Waals surface area contributed by atoms with Crippen LogP contribution in [-0.4, -0.2) is 10.9 Å². The first-order valence-electron chi connectivity index (χ1n) is 5.29. The van der Waals surface area contributed by atoms with Gasteiger partial charge in [0, 0.05) is 11.9 Å². The van der Waals surface area contributed by atoms with Crippen molar-refractivity contribution in [3.63, 3.8) is 0 Å². The van der Waals surface area contributed by atoms with Gasteiger partial charge in [0.1, 0.15) is 5.69 Å². The summed E-state index contributed by atoms with van der Waals surface area (Å²) >= 11 is 5.75. The van der Waals surface area contributed by atoms with Crippen LogP contribution in [0.3, 0.4) is 0 Å². The van der Waals surface area contributed by atoms with Crippen molar-refractivity contribution >= 4 is 23.2 Å². The van der Waals surface area contributed by atoms with Gasteiger partial charge in [0.25, 0.3) is 5.91 Å². The van der Waals surface area contributed by atoms with Crippen LogP contribution in [0.5, 0.6) is 0 Å². The summed E-state index contributed by atoms with van der Waals surface area (Å²) in [6, 6.07) is 7.41. The molecule has 0 aliphatic rings. The number of rotatable bonds is 2. The van der Waals surface area contributed by atoms with E-state index in [2.05, 4.69) is 10.3 Å². The van der Waals surface area contributed by atoms with E-state index < -0.39 is 0 Å². The second kappa shape index (κ2) is 4.63. The summed E-state index contributed by atoms with van der Waals surface area (Å²) in [4.78, 5) is 14.7. The molecular formula is C13H13ClN2O. The van der Waals surface area contributed by atoms with Crippen molar-refractivity contribution in [1.29, 1.82) is 0 Å². The number of carbonyl (C=O) groups excluding carboxylic acids is 1. The summed E-state index contributed by atoms with van der Waals surface area (Å²) in [6.45, 7) is 3.99. The highest BCUT2D eigenvalue weighted by Gasteiger charge is 2.10. The van der Waals surface area contributed by atoms with Gasteiger partial charge in [0.2, 0.25) is 0 Å². The molecule has 1 aromatic heterocycles. The van der Waals surface area contributed by atoms with Crippen LogP contribution in [0.1, 0.15) is 21.6 Å². The van der Waals surface area contributed by atoms with Gasteiger partial charge in [0.15, 0.2) is 0 Å². The van der Waals surface area contributed by atoms with Crippen molar-refractivity contribution in [3.8, 4) is 0 Å². The third kappa shape index (κ3) is 2.50. The first kappa shape index (κ1) is 11.7. The SMILES string of the molecule is Cc1cccc(NC(=O)c2cc(Cl)c[nH]2)c1C. The Balaban J connectivity index is 2.21. The van der Waals surface area contributed by atoms with Gasteiger partial charge in [-0.05, 0) is 37.1 Å². The monoisotopic (exact) mass is 248 g/mol. The average molecular weight is 249 g/mol. The number of hydrogen-bond acceptors (Lipinski definition) is 1. The lowest BCUT2D eigenvalue weighted by atomic mass is 10.1. The van der Waals surface area contributed by atoms with Crippen LogP contribution in [0, 0.1) is 13.8 Å². The lowest BCUT2D eigenvalue weighted by molar-refractivity contribution is 0.102. The number of nitrogens with one attached hydrogen (secondary N) is 2. The molecule has 1 amide bonds. The van der Waals surface area contributed by atoms with E-state index in [4.69, 9.17) is 11.6 Å². The van der Waals surface area contributed by atoms with E-state index >= 15 is 0 Å². The molecule has 17 heavy (non-hydrogen) atoms. The molecule has 3 nitrogen and oxygen atoms in total. The second-order valence-corrected chi connectivity index (χ2v) is 4.37. The Morgan fingerprint density at radius 2 is 2.12 bits per heavy atom. The largest absolute Gasteiger partial charge is 0.356 e. The van der Waals surface area contributed by atoms with E-state index in [0.29, 0.717) is 10.7 Å². The zero-order valence-corrected chi connectivity index (χ0v) is 10.4. The summed E-state index contributed by atoms with van der Waals surface area (Å²) in [5.41, 5.74) is 3.49. The van der Waals surface area contributed by atoms with E-state index in [1.807, 2.05) is 32.0 Å². The Bertz CT molecular complexity index is 560. The van der Waals surface area contributed by atoms with Crippen LogP contribution in [-0.2, 0) is 0 Å². The molecule has 0 atom stereocenters. The molecule has 2 rings (SSSR count). The molecule has 1 aromatic carbocycles. The molecule has 0 bridgehead atoms. The number of benzene rings is 1. The number of H-pyrrole nitrogens is 1. The minimum Gasteiger partial charge on any atom is -0.356 e. The summed E-state index contributed by atoms with van der Waals surface area (Å²) < 4.78 is 0. The van der Waals surface area contributed by atoms with Crippen LogP contribution in [0.25, 0.3) is 0 Å². The van der Waals surface area contributed by atoms with Crippen LogP contribution in [0.15, 0.2) is 30.5 Å². The molecule has 0 aliphatic carbocycles. The average Bonchev–Trinajstić information content (AvgIpc) is 2.72. The molecular weight excluding hydrogens is 236 g/mol. The lowest BCUT2D eigenvalue weighted by Gasteiger charge is -2.09. The second-order valence-electron chi connectivity index (χ2n) is 3.93. The van der Waals surface area contributed by atoms with Gasteiger partial charge >= 0.3 is 0 Å². The fourth-order valence-electron chi connectivity index (χ4n) is 1.58. The van der Waals surface area contributed by atoms with Crippen LogP contribution in [0.2, 0.25) is 5.02 Å². The minimum absolute atomic E-state index is 0.189. The Labute approximate surface area is 105 Å². The van der Waals surface area contributed by atoms with E-state index in [1.165, 1.54) is 0 Å². The molecule has 0 spiro atoms. The molecule has 0 fully saturated rings. The first-order chi connectivity index (χ1) is 8.08. The standard InChI is InChI=1S/C13H13ClN2O/c1-8-4-3-5-11(9(8)2)16-13(17)12-6-10(14)7-15-12/h3-7,15H,1-2H3,(H,16,17). The van der Waals surface area contributed by atoms with E-state index in [0.717, 1.165) is 16.8 Å². The van der Waals surface area contributed by atoms with Gasteiger partial charge in [-0.25, -0.2) is 0 Å². The Morgan fingerprint density at radius 3 is 2.76 bits per heavy atom. The van der Waals surface area contributed by atoms with Crippen molar-refractivity contribution in [2.75, 3.05) is 5.32 Å². The molecule has 88 valence electrons. The summed E-state index contributed by atoms with van der Waals surface area (Å²) in [6.07, 6.45) is 1.58. The van der Waals surface area contributed by atoms with E-state index in [9.17, 15) is 4.79 Å². The molecule has 4 heteroatoms. The maximum atomic E-state index is 11.9. The number of halogens is 1. The topological polar surface area (TPSA) is 44.9 Å². The van der Waals surface area contributed by atoms with Gasteiger partial charge < -0.3 is 10.3 Å². The van der Waals surface area contributed by atoms with Gasteiger partial charge in [-0.2, -0.15) is 0 Å². The van der Waals surface area contributed by atoms with Crippen LogP contribution >= 0.6 is 11.6 Å². The smallest absolute Gasteiger partial charge is 0.272 e. The van der Waals surface area contributed by atoms with Gasteiger partial charge in [-0.15, -0.1) is 0 Å². The molecule has 2 N–H and O–H groups in total. The minimum atomic E-state index is -0.189. The lowest BCUT2D eigenvalue weighted by Crippen LogP contribution is -2.13. The van der Waals surface area contributed by atoms with Gasteiger partial charge in [-0.1, -0.05) is 23.7 Å². The number of aryl methyl sites for hydroxylation is 1. The fourth-order valence-corrected chi connectivity index (χ4v) is 1.74. The van der Waals surface area contributed by atoms with Crippen molar-refractivity contribution in [2.24, 2.45) is 0 Å². The number of carbonyl (C=O) groups is 1. The summed E-state index contributed by atoms with van der Waals surface area (Å²) in [5, 5.41) is 3.38. The van der Waals surface area contributed by atoms with E-state index in [1.54, 1.807) is 12.3 Å². The first-order valence-corrected chi connectivity index (χ1v) is 5.67. The van der Waals surface area contributed by atoms with Crippen molar-refractivity contribution in [3.05, 3.63) is 52.3 Å². The Hall–Kier alpha value is -1.74. The highest BCUT2D eigenvalue weighted by Crippen LogP contribution is 2.19. The molecule has 0 aliphatic heterocycles. The molecule has 2 aromatic rings. The predicted octanol–water partition coefficient (Wildman–Crippen LogP) is 3.54. The zero-order valence-electron chi connectivity index (χ0n) is 9.67. The quantitative estimate of drug-likeness (QED) is 0.839. The van der Waals surface area contributed by atoms with Crippen molar-refractivity contribution in [2.45, 2.75) is 13.8 Å². The highest BCUT2D eigenvalue weighted by atomic mass is 35.5. The fraction of sp³-hybridized carbons (Fsp3) is 0.154. The number of hydrogen-bond donors (Lipinski definition) is 2. The number of aromatic nitrogens is 1. The van der Waals surface area contributed by atoms with Gasteiger partial charge in [0.05, 0.1) is 5.02 Å². The number of amides is 1. The zero-order chi connectivity index (χ0) is 12.4. The van der Waals surface area contributed by atoms with E-state index in [-0.39, 0.29) is 5.91 Å². The normalized spacial score (nSPS) is 10.3. The Morgan fingerprint density at radius 1 is 1.35 bits per heavy atom. The molecule has 1 heterocycles. The maximum absolute atomic E-state index is 11.9. The highest BCUT2D eigenvalue weighted by molar-refractivity contribution is 6.31. The number of anilines is 1. The predicted molar refractivity (Wildman–Crippen MR) is 69.7 cm³/mol. The summed E-state index contributed by atoms with van der Waals surface area (Å²) in [5.74, 6) is -0.189. The third-order valence-corrected chi connectivity index (χ3v) is 2.96. The number of aromatic amines is 1. The third-order valence-electron chi connectivity index (χ3n) is 2.75. The van der Waals surface area contributed by atoms with Gasteiger partial charge in [-0.3, -0.25) is 4.79 Å². The summed E-state index contributed by atoms with van der Waals surface area (Å²) in [7, 11) is 0. The Kier molecular flexibility index (Phi) is 3.20. The molecule has 0 unspecified atom stereocenters.